The van der Waals surface area contributed by atoms with Gasteiger partial charge in [-0.2, -0.15) is 0 Å². The van der Waals surface area contributed by atoms with Crippen molar-refractivity contribution in [3.8, 4) is 0 Å². The number of hydrogen-bond donors (Lipinski definition) is 0. The molecule has 0 spiro atoms. The molecule has 1 heterocycles. The maximum absolute atomic E-state index is 4.21. The van der Waals surface area contributed by atoms with Crippen molar-refractivity contribution in [2.75, 3.05) is 6.26 Å². The van der Waals surface area contributed by atoms with E-state index in [1.165, 1.54) is 10.5 Å². The van der Waals surface area contributed by atoms with Crippen molar-refractivity contribution in [3.63, 3.8) is 0 Å². The van der Waals surface area contributed by atoms with Crippen LogP contribution in [0.25, 0.3) is 0 Å². The van der Waals surface area contributed by atoms with E-state index in [-0.39, 0.29) is 0 Å². The Morgan fingerprint density at radius 2 is 2.00 bits per heavy atom. The Bertz CT molecular complexity index is 546. The summed E-state index contributed by atoms with van der Waals surface area (Å²) in [5.74, 6) is 1.84. The highest BCUT2D eigenvalue weighted by Crippen LogP contribution is 2.23. The van der Waals surface area contributed by atoms with Crippen LogP contribution in [0.4, 0.5) is 0 Å². The lowest BCUT2D eigenvalue weighted by Crippen LogP contribution is -2.00. The predicted octanol–water partition coefficient (Wildman–Crippen LogP) is 3.79. The summed E-state index contributed by atoms with van der Waals surface area (Å²) in [5.41, 5.74) is 1.30. The van der Waals surface area contributed by atoms with E-state index >= 15 is 0 Å². The fraction of sp³-hybridized carbons (Fsp3) is 0.286. The quantitative estimate of drug-likeness (QED) is 0.598. The van der Waals surface area contributed by atoms with Crippen LogP contribution in [0.15, 0.2) is 47.0 Å². The number of allylic oxidation sites excluding steroid dienone is 1. The maximum Gasteiger partial charge on any atom is 0.191 e. The molecule has 0 bridgehead atoms. The van der Waals surface area contributed by atoms with Crippen molar-refractivity contribution in [3.05, 3.63) is 48.3 Å². The van der Waals surface area contributed by atoms with Gasteiger partial charge in [0.25, 0.3) is 0 Å². The molecular weight excluding hydrogens is 274 g/mol. The van der Waals surface area contributed by atoms with Crippen LogP contribution in [0.5, 0.6) is 0 Å². The molecule has 19 heavy (non-hydrogen) atoms. The van der Waals surface area contributed by atoms with Gasteiger partial charge in [0, 0.05) is 17.2 Å². The van der Waals surface area contributed by atoms with Crippen LogP contribution in [0.2, 0.25) is 0 Å². The van der Waals surface area contributed by atoms with Crippen molar-refractivity contribution >= 4 is 23.5 Å². The number of hydrogen-bond acceptors (Lipinski definition) is 4. The second kappa shape index (κ2) is 6.82. The molecule has 100 valence electrons. The van der Waals surface area contributed by atoms with Gasteiger partial charge in [-0.3, -0.25) is 0 Å². The number of nitrogens with zero attached hydrogens (tertiary/aromatic N) is 3. The molecule has 0 amide bonds. The van der Waals surface area contributed by atoms with Gasteiger partial charge in [0.1, 0.15) is 5.82 Å². The second-order valence-electron chi connectivity index (χ2n) is 4.07. The van der Waals surface area contributed by atoms with Gasteiger partial charge in [0.2, 0.25) is 0 Å². The summed E-state index contributed by atoms with van der Waals surface area (Å²) in [6.07, 6.45) is 3.96. The average molecular weight is 291 g/mol. The van der Waals surface area contributed by atoms with Gasteiger partial charge in [-0.15, -0.1) is 28.5 Å². The van der Waals surface area contributed by atoms with E-state index in [1.807, 2.05) is 13.0 Å². The molecule has 1 aromatic carbocycles. The van der Waals surface area contributed by atoms with E-state index in [9.17, 15) is 0 Å². The zero-order chi connectivity index (χ0) is 13.7. The van der Waals surface area contributed by atoms with Crippen molar-refractivity contribution in [2.24, 2.45) is 0 Å². The fourth-order valence-electron chi connectivity index (χ4n) is 1.68. The minimum atomic E-state index is 0.757. The van der Waals surface area contributed by atoms with E-state index in [0.717, 1.165) is 23.3 Å². The third kappa shape index (κ3) is 3.64. The van der Waals surface area contributed by atoms with Crippen LogP contribution in [0.3, 0.4) is 0 Å². The summed E-state index contributed by atoms with van der Waals surface area (Å²) in [6, 6.07) is 8.64. The number of aryl methyl sites for hydroxylation is 1. The molecule has 0 saturated carbocycles. The Kier molecular flexibility index (Phi) is 5.10. The van der Waals surface area contributed by atoms with Gasteiger partial charge in [-0.05, 0) is 30.9 Å². The highest BCUT2D eigenvalue weighted by atomic mass is 32.2. The van der Waals surface area contributed by atoms with Gasteiger partial charge in [0.15, 0.2) is 5.16 Å². The monoisotopic (exact) mass is 291 g/mol. The summed E-state index contributed by atoms with van der Waals surface area (Å²) < 4.78 is 2.08. The van der Waals surface area contributed by atoms with E-state index in [0.29, 0.717) is 0 Å². The first-order valence-electron chi connectivity index (χ1n) is 6.01. The lowest BCUT2D eigenvalue weighted by molar-refractivity contribution is 0.703. The molecule has 0 fully saturated rings. The van der Waals surface area contributed by atoms with Crippen LogP contribution in [0, 0.1) is 6.92 Å². The standard InChI is InChI=1S/C14H17N3S2/c1-4-9-17-11(2)15-16-14(17)19-10-12-5-7-13(18-3)8-6-12/h4-8H,1,9-10H2,2-3H3. The van der Waals surface area contributed by atoms with Crippen molar-refractivity contribution in [1.29, 1.82) is 0 Å². The minimum Gasteiger partial charge on any atom is -0.302 e. The van der Waals surface area contributed by atoms with Gasteiger partial charge >= 0.3 is 0 Å². The highest BCUT2D eigenvalue weighted by Gasteiger charge is 2.08. The van der Waals surface area contributed by atoms with Crippen LogP contribution in [0.1, 0.15) is 11.4 Å². The van der Waals surface area contributed by atoms with Gasteiger partial charge in [0.05, 0.1) is 0 Å². The Morgan fingerprint density at radius 3 is 2.63 bits per heavy atom. The Morgan fingerprint density at radius 1 is 1.26 bits per heavy atom. The largest absolute Gasteiger partial charge is 0.302 e. The molecule has 0 saturated heterocycles. The third-order valence-corrected chi connectivity index (χ3v) is 4.52. The van der Waals surface area contributed by atoms with E-state index < -0.39 is 0 Å². The Labute approximate surface area is 122 Å². The van der Waals surface area contributed by atoms with Gasteiger partial charge in [-0.1, -0.05) is 30.0 Å². The number of thioether (sulfide) groups is 2. The van der Waals surface area contributed by atoms with Gasteiger partial charge in [-0.25, -0.2) is 0 Å². The van der Waals surface area contributed by atoms with Crippen LogP contribution in [-0.4, -0.2) is 21.0 Å². The molecule has 1 aromatic heterocycles. The second-order valence-corrected chi connectivity index (χ2v) is 5.89. The molecule has 0 aliphatic heterocycles. The van der Waals surface area contributed by atoms with Crippen molar-refractivity contribution < 1.29 is 0 Å². The first-order valence-corrected chi connectivity index (χ1v) is 8.22. The number of benzene rings is 1. The first-order chi connectivity index (χ1) is 9.24. The predicted molar refractivity (Wildman–Crippen MR) is 82.7 cm³/mol. The Balaban J connectivity index is 2.03. The molecular formula is C14H17N3S2. The summed E-state index contributed by atoms with van der Waals surface area (Å²) >= 11 is 3.47. The molecule has 0 radical (unpaired) electrons. The van der Waals surface area contributed by atoms with Crippen molar-refractivity contribution in [2.45, 2.75) is 29.3 Å². The number of aromatic nitrogens is 3. The highest BCUT2D eigenvalue weighted by molar-refractivity contribution is 7.98. The van der Waals surface area contributed by atoms with E-state index in [1.54, 1.807) is 23.5 Å². The first kappa shape index (κ1) is 14.2. The van der Waals surface area contributed by atoms with Crippen LogP contribution < -0.4 is 0 Å². The van der Waals surface area contributed by atoms with Crippen molar-refractivity contribution in [1.82, 2.24) is 14.8 Å². The minimum absolute atomic E-state index is 0.757. The summed E-state index contributed by atoms with van der Waals surface area (Å²) in [4.78, 5) is 1.29. The smallest absolute Gasteiger partial charge is 0.191 e. The zero-order valence-corrected chi connectivity index (χ0v) is 12.8. The molecule has 0 aliphatic carbocycles. The molecule has 0 unspecified atom stereocenters. The van der Waals surface area contributed by atoms with E-state index in [2.05, 4.69) is 51.9 Å². The van der Waals surface area contributed by atoms with Crippen LogP contribution in [-0.2, 0) is 12.3 Å². The molecule has 0 N–H and O–H groups in total. The van der Waals surface area contributed by atoms with Crippen LogP contribution >= 0.6 is 23.5 Å². The molecule has 0 aliphatic rings. The molecule has 2 aromatic rings. The Hall–Kier alpha value is -1.20. The molecule has 2 rings (SSSR count). The zero-order valence-electron chi connectivity index (χ0n) is 11.2. The molecule has 0 atom stereocenters. The fourth-order valence-corrected chi connectivity index (χ4v) is 3.03. The lowest BCUT2D eigenvalue weighted by Gasteiger charge is -2.05. The SMILES string of the molecule is C=CCn1c(C)nnc1SCc1ccc(SC)cc1. The average Bonchev–Trinajstić information content (AvgIpc) is 2.79. The lowest BCUT2D eigenvalue weighted by atomic mass is 10.2. The number of rotatable bonds is 6. The summed E-state index contributed by atoms with van der Waals surface area (Å²) in [7, 11) is 0. The van der Waals surface area contributed by atoms with Gasteiger partial charge < -0.3 is 4.57 Å². The molecule has 5 heteroatoms. The van der Waals surface area contributed by atoms with E-state index in [4.69, 9.17) is 0 Å². The third-order valence-electron chi connectivity index (χ3n) is 2.74. The topological polar surface area (TPSA) is 30.7 Å². The molecule has 3 nitrogen and oxygen atoms in total. The maximum atomic E-state index is 4.21. The summed E-state index contributed by atoms with van der Waals surface area (Å²) in [5, 5.41) is 9.27. The normalized spacial score (nSPS) is 10.6. The summed E-state index contributed by atoms with van der Waals surface area (Å²) in [6.45, 7) is 6.49.